The Morgan fingerprint density at radius 1 is 0.968 bits per heavy atom. The Labute approximate surface area is 184 Å². The van der Waals surface area contributed by atoms with E-state index in [1.54, 1.807) is 60.2 Å². The molecule has 0 aliphatic rings. The van der Waals surface area contributed by atoms with E-state index in [0.717, 1.165) is 5.56 Å². The maximum absolute atomic E-state index is 13.0. The molecule has 0 atom stereocenters. The van der Waals surface area contributed by atoms with Gasteiger partial charge in [0.05, 0.1) is 21.3 Å². The summed E-state index contributed by atoms with van der Waals surface area (Å²) in [7, 11) is 2.23. The molecule has 0 heterocycles. The van der Waals surface area contributed by atoms with Crippen molar-refractivity contribution in [1.82, 2.24) is 9.62 Å². The van der Waals surface area contributed by atoms with Crippen molar-refractivity contribution in [1.29, 1.82) is 0 Å². The minimum atomic E-state index is -3.90. The molecule has 1 N–H and O–H groups in total. The number of hydrogen-bond acceptors (Lipinski definition) is 6. The normalized spacial score (nSPS) is 11.7. The summed E-state index contributed by atoms with van der Waals surface area (Å²) < 4.78 is 44.1. The van der Waals surface area contributed by atoms with Crippen LogP contribution in [0.4, 0.5) is 0 Å². The van der Waals surface area contributed by atoms with Gasteiger partial charge in [-0.05, 0) is 51.1 Å². The Hall–Kier alpha value is -2.78. The largest absolute Gasteiger partial charge is 0.497 e. The predicted molar refractivity (Wildman–Crippen MR) is 118 cm³/mol. The molecular weight excluding hydrogens is 420 g/mol. The van der Waals surface area contributed by atoms with E-state index in [2.05, 4.69) is 4.72 Å². The van der Waals surface area contributed by atoms with E-state index in [-0.39, 0.29) is 28.7 Å². The lowest BCUT2D eigenvalue weighted by molar-refractivity contribution is 0.0784. The average molecular weight is 451 g/mol. The van der Waals surface area contributed by atoms with Crippen LogP contribution >= 0.6 is 0 Å². The molecule has 0 saturated carbocycles. The molecule has 0 radical (unpaired) electrons. The molecule has 31 heavy (non-hydrogen) atoms. The van der Waals surface area contributed by atoms with Crippen LogP contribution in [0.3, 0.4) is 0 Å². The van der Waals surface area contributed by atoms with Gasteiger partial charge >= 0.3 is 0 Å². The van der Waals surface area contributed by atoms with E-state index in [1.807, 2.05) is 6.07 Å². The third-order valence-corrected chi connectivity index (χ3v) is 6.17. The smallest absolute Gasteiger partial charge is 0.253 e. The number of methoxy groups -OCH3 is 3. The number of ether oxygens (including phenoxy) is 3. The minimum Gasteiger partial charge on any atom is -0.497 e. The van der Waals surface area contributed by atoms with Crippen molar-refractivity contribution < 1.29 is 27.4 Å². The van der Waals surface area contributed by atoms with Crippen molar-refractivity contribution in [2.24, 2.45) is 0 Å². The molecule has 0 aliphatic heterocycles. The van der Waals surface area contributed by atoms with Gasteiger partial charge in [-0.2, -0.15) is 0 Å². The van der Waals surface area contributed by atoms with Crippen molar-refractivity contribution in [3.05, 3.63) is 47.5 Å². The molecule has 0 unspecified atom stereocenters. The second kappa shape index (κ2) is 9.57. The summed E-state index contributed by atoms with van der Waals surface area (Å²) in [6.07, 6.45) is 0. The summed E-state index contributed by atoms with van der Waals surface area (Å²) in [4.78, 5) is 14.4. The van der Waals surface area contributed by atoms with Gasteiger partial charge in [0.15, 0.2) is 0 Å². The number of carbonyl (C=O) groups is 1. The molecule has 8 nitrogen and oxygen atoms in total. The number of nitrogens with zero attached hydrogens (tertiary/aromatic N) is 1. The van der Waals surface area contributed by atoms with Crippen LogP contribution in [0.1, 0.15) is 36.7 Å². The number of nitrogens with one attached hydrogen (secondary N) is 1. The Morgan fingerprint density at radius 2 is 1.61 bits per heavy atom. The topological polar surface area (TPSA) is 94.2 Å². The molecule has 0 aliphatic carbocycles. The summed E-state index contributed by atoms with van der Waals surface area (Å²) in [6, 6.07) is 9.69. The molecular formula is C22H30N2O6S. The van der Waals surface area contributed by atoms with E-state index in [0.29, 0.717) is 11.5 Å². The van der Waals surface area contributed by atoms with Gasteiger partial charge in [0.25, 0.3) is 5.91 Å². The Balaban J connectivity index is 2.35. The zero-order chi connectivity index (χ0) is 23.4. The van der Waals surface area contributed by atoms with Crippen LogP contribution in [0.2, 0.25) is 0 Å². The van der Waals surface area contributed by atoms with Gasteiger partial charge in [0.1, 0.15) is 22.1 Å². The maximum atomic E-state index is 13.0. The van der Waals surface area contributed by atoms with Crippen LogP contribution < -0.4 is 18.9 Å². The fraction of sp³-hybridized carbons (Fsp3) is 0.409. The molecule has 0 fully saturated rings. The van der Waals surface area contributed by atoms with Crippen molar-refractivity contribution in [2.45, 2.75) is 37.8 Å². The van der Waals surface area contributed by atoms with E-state index in [4.69, 9.17) is 14.2 Å². The van der Waals surface area contributed by atoms with Crippen molar-refractivity contribution >= 4 is 15.9 Å². The lowest BCUT2D eigenvalue weighted by atomic mass is 10.1. The average Bonchev–Trinajstić information content (AvgIpc) is 2.71. The summed E-state index contributed by atoms with van der Waals surface area (Å²) in [5.74, 6) is 1.05. The van der Waals surface area contributed by atoms with Gasteiger partial charge in [-0.25, -0.2) is 13.1 Å². The number of rotatable bonds is 8. The molecule has 0 bridgehead atoms. The highest BCUT2D eigenvalue weighted by Gasteiger charge is 2.27. The molecule has 1 amide bonds. The fourth-order valence-corrected chi connectivity index (χ4v) is 4.62. The van der Waals surface area contributed by atoms with E-state index in [1.165, 1.54) is 24.1 Å². The molecule has 2 aromatic rings. The predicted octanol–water partition coefficient (Wildman–Crippen LogP) is 3.06. The molecule has 0 spiro atoms. The van der Waals surface area contributed by atoms with Gasteiger partial charge in [0, 0.05) is 36.3 Å². The van der Waals surface area contributed by atoms with Crippen molar-refractivity contribution in [2.75, 3.05) is 28.4 Å². The van der Waals surface area contributed by atoms with Crippen LogP contribution in [0.5, 0.6) is 17.2 Å². The Kier molecular flexibility index (Phi) is 7.56. The van der Waals surface area contributed by atoms with Gasteiger partial charge in [-0.1, -0.05) is 0 Å². The first-order valence-corrected chi connectivity index (χ1v) is 11.1. The summed E-state index contributed by atoms with van der Waals surface area (Å²) in [6.45, 7) is 5.48. The van der Waals surface area contributed by atoms with Gasteiger partial charge in [-0.15, -0.1) is 0 Å². The highest BCUT2D eigenvalue weighted by molar-refractivity contribution is 7.89. The zero-order valence-electron chi connectivity index (χ0n) is 19.0. The van der Waals surface area contributed by atoms with Crippen LogP contribution in [-0.4, -0.2) is 53.1 Å². The molecule has 170 valence electrons. The number of amides is 1. The first kappa shape index (κ1) is 24.5. The standard InChI is InChI=1S/C22H30N2O6S/c1-22(2,3)23-31(26,27)20-12-15(9-11-18(20)29-6)21(25)24(4)14-16-8-10-17(28-5)13-19(16)30-7/h8-13,23H,14H2,1-7H3. The van der Waals surface area contributed by atoms with Gasteiger partial charge in [-0.3, -0.25) is 4.79 Å². The Morgan fingerprint density at radius 3 is 2.16 bits per heavy atom. The van der Waals surface area contributed by atoms with Gasteiger partial charge < -0.3 is 19.1 Å². The van der Waals surface area contributed by atoms with E-state index < -0.39 is 15.6 Å². The van der Waals surface area contributed by atoms with Crippen LogP contribution in [0.25, 0.3) is 0 Å². The van der Waals surface area contributed by atoms with Crippen LogP contribution in [0, 0.1) is 0 Å². The number of carbonyl (C=O) groups excluding carboxylic acids is 1. The molecule has 2 rings (SSSR count). The highest BCUT2D eigenvalue weighted by atomic mass is 32.2. The highest BCUT2D eigenvalue weighted by Crippen LogP contribution is 2.28. The first-order chi connectivity index (χ1) is 14.4. The van der Waals surface area contributed by atoms with E-state index >= 15 is 0 Å². The van der Waals surface area contributed by atoms with Gasteiger partial charge in [0.2, 0.25) is 10.0 Å². The lowest BCUT2D eigenvalue weighted by Crippen LogP contribution is -2.40. The Bertz CT molecular complexity index is 1040. The SMILES string of the molecule is COc1ccc(CN(C)C(=O)c2ccc(OC)c(S(=O)(=O)NC(C)(C)C)c2)c(OC)c1. The van der Waals surface area contributed by atoms with Crippen LogP contribution in [-0.2, 0) is 16.6 Å². The van der Waals surface area contributed by atoms with E-state index in [9.17, 15) is 13.2 Å². The van der Waals surface area contributed by atoms with Crippen molar-refractivity contribution in [3.63, 3.8) is 0 Å². The molecule has 0 saturated heterocycles. The molecule has 9 heteroatoms. The monoisotopic (exact) mass is 450 g/mol. The summed E-state index contributed by atoms with van der Waals surface area (Å²) in [5.41, 5.74) is 0.325. The molecule has 0 aromatic heterocycles. The fourth-order valence-electron chi connectivity index (χ4n) is 3.01. The second-order valence-corrected chi connectivity index (χ2v) is 9.71. The number of benzene rings is 2. The first-order valence-electron chi connectivity index (χ1n) is 9.60. The quantitative estimate of drug-likeness (QED) is 0.664. The van der Waals surface area contributed by atoms with Crippen molar-refractivity contribution in [3.8, 4) is 17.2 Å². The number of hydrogen-bond donors (Lipinski definition) is 1. The number of sulfonamides is 1. The maximum Gasteiger partial charge on any atom is 0.253 e. The zero-order valence-corrected chi connectivity index (χ0v) is 19.8. The summed E-state index contributed by atoms with van der Waals surface area (Å²) in [5, 5.41) is 0. The van der Waals surface area contributed by atoms with Crippen LogP contribution in [0.15, 0.2) is 41.3 Å². The third-order valence-electron chi connectivity index (χ3n) is 4.39. The minimum absolute atomic E-state index is 0.0915. The molecule has 2 aromatic carbocycles. The second-order valence-electron chi connectivity index (χ2n) is 8.06. The lowest BCUT2D eigenvalue weighted by Gasteiger charge is -2.22. The summed E-state index contributed by atoms with van der Waals surface area (Å²) >= 11 is 0. The third kappa shape index (κ3) is 6.11.